The fourth-order valence-corrected chi connectivity index (χ4v) is 4.26. The van der Waals surface area contributed by atoms with Crippen LogP contribution in [-0.4, -0.2) is 37.1 Å². The van der Waals surface area contributed by atoms with Crippen molar-refractivity contribution in [3.63, 3.8) is 0 Å². The summed E-state index contributed by atoms with van der Waals surface area (Å²) in [5.41, 5.74) is 2.32. The maximum atomic E-state index is 14.1. The summed E-state index contributed by atoms with van der Waals surface area (Å²) in [6.45, 7) is 5.99. The number of nitrogens with zero attached hydrogens (tertiary/aromatic N) is 4. The predicted molar refractivity (Wildman–Crippen MR) is 113 cm³/mol. The summed E-state index contributed by atoms with van der Waals surface area (Å²) in [5, 5.41) is 13.4. The maximum Gasteiger partial charge on any atom is 0.318 e. The van der Waals surface area contributed by atoms with Crippen molar-refractivity contribution in [2.45, 2.75) is 51.2 Å². The number of hydrogen-bond donors (Lipinski definition) is 3. The number of urea groups is 1. The van der Waals surface area contributed by atoms with Crippen LogP contribution in [0.1, 0.15) is 48.8 Å². The summed E-state index contributed by atoms with van der Waals surface area (Å²) in [6.07, 6.45) is 2.07. The number of anilines is 2. The van der Waals surface area contributed by atoms with Crippen molar-refractivity contribution in [2.24, 2.45) is 0 Å². The third-order valence-corrected chi connectivity index (χ3v) is 6.14. The fraction of sp³-hybridized carbons (Fsp3) is 0.364. The Bertz CT molecular complexity index is 1140. The number of rotatable bonds is 4. The van der Waals surface area contributed by atoms with E-state index in [0.717, 1.165) is 23.9 Å². The van der Waals surface area contributed by atoms with Gasteiger partial charge in [0.05, 0.1) is 24.0 Å². The molecule has 1 aliphatic heterocycles. The van der Waals surface area contributed by atoms with Crippen LogP contribution in [-0.2, 0) is 12.1 Å². The molecular formula is C22H24FN7O. The number of nitrogens with one attached hydrogen (secondary N) is 3. The summed E-state index contributed by atoms with van der Waals surface area (Å²) < 4.78 is 14.1. The van der Waals surface area contributed by atoms with Gasteiger partial charge in [0, 0.05) is 17.5 Å². The van der Waals surface area contributed by atoms with Gasteiger partial charge in [-0.05, 0) is 32.8 Å². The summed E-state index contributed by atoms with van der Waals surface area (Å²) in [4.78, 5) is 22.8. The van der Waals surface area contributed by atoms with E-state index in [0.29, 0.717) is 24.1 Å². The predicted octanol–water partition coefficient (Wildman–Crippen LogP) is 3.71. The normalized spacial score (nSPS) is 21.0. The lowest BCUT2D eigenvalue weighted by atomic mass is 10.0. The van der Waals surface area contributed by atoms with Gasteiger partial charge in [-0.15, -0.1) is 0 Å². The first-order valence-corrected chi connectivity index (χ1v) is 10.3. The smallest absolute Gasteiger partial charge is 0.318 e. The first kappa shape index (κ1) is 19.5. The number of carbonyl (C=O) groups excluding carboxylic acids is 1. The summed E-state index contributed by atoms with van der Waals surface area (Å²) in [6, 6.07) is 10.2. The molecule has 160 valence electrons. The van der Waals surface area contributed by atoms with Gasteiger partial charge in [-0.2, -0.15) is 5.10 Å². The molecule has 3 N–H and O–H groups in total. The Kier molecular flexibility index (Phi) is 4.42. The van der Waals surface area contributed by atoms with Crippen molar-refractivity contribution in [3.05, 3.63) is 65.0 Å². The van der Waals surface area contributed by atoms with Crippen molar-refractivity contribution in [1.82, 2.24) is 30.4 Å². The highest BCUT2D eigenvalue weighted by Gasteiger charge is 2.46. The summed E-state index contributed by atoms with van der Waals surface area (Å²) in [7, 11) is 0. The standard InChI is InChI=1S/C22H24FN7O/c1-12-24-10-16(23)20(25-12)27-19-15-11-30(22(2,3)18(15)28-29-19)21(31)26-17-9-14(17)13-7-5-4-6-8-13/h4-8,10,14,17H,9,11H2,1-3H3,(H,26,31)(H2,24,25,27,28,29). The highest BCUT2D eigenvalue weighted by atomic mass is 19.1. The van der Waals surface area contributed by atoms with Crippen LogP contribution in [0.5, 0.6) is 0 Å². The van der Waals surface area contributed by atoms with Gasteiger partial charge in [0.1, 0.15) is 5.82 Å². The van der Waals surface area contributed by atoms with E-state index in [1.807, 2.05) is 32.0 Å². The molecule has 0 radical (unpaired) electrons. The second kappa shape index (κ2) is 7.04. The van der Waals surface area contributed by atoms with Gasteiger partial charge in [-0.3, -0.25) is 5.10 Å². The van der Waals surface area contributed by atoms with Crippen LogP contribution in [0.25, 0.3) is 0 Å². The van der Waals surface area contributed by atoms with E-state index in [-0.39, 0.29) is 17.9 Å². The second-order valence-corrected chi connectivity index (χ2v) is 8.62. The largest absolute Gasteiger partial charge is 0.335 e. The van der Waals surface area contributed by atoms with E-state index in [4.69, 9.17) is 0 Å². The topological polar surface area (TPSA) is 98.8 Å². The molecule has 0 bridgehead atoms. The lowest BCUT2D eigenvalue weighted by Crippen LogP contribution is -2.47. The third kappa shape index (κ3) is 3.39. The second-order valence-electron chi connectivity index (χ2n) is 8.62. The molecule has 1 aromatic carbocycles. The van der Waals surface area contributed by atoms with Crippen molar-refractivity contribution >= 4 is 17.7 Å². The van der Waals surface area contributed by atoms with E-state index in [1.54, 1.807) is 11.8 Å². The number of carbonyl (C=O) groups is 1. The quantitative estimate of drug-likeness (QED) is 0.597. The van der Waals surface area contributed by atoms with Crippen LogP contribution < -0.4 is 10.6 Å². The van der Waals surface area contributed by atoms with Crippen LogP contribution in [0.4, 0.5) is 20.8 Å². The van der Waals surface area contributed by atoms with Crippen LogP contribution in [0.2, 0.25) is 0 Å². The number of H-pyrrole nitrogens is 1. The SMILES string of the molecule is Cc1ncc(F)c(Nc2n[nH]c3c2CN(C(=O)NC2CC2c2ccccc2)C3(C)C)n1. The average Bonchev–Trinajstić information content (AvgIpc) is 3.30. The number of aryl methyl sites for hydroxylation is 1. The lowest BCUT2D eigenvalue weighted by Gasteiger charge is -2.32. The van der Waals surface area contributed by atoms with Gasteiger partial charge in [0.15, 0.2) is 17.5 Å². The van der Waals surface area contributed by atoms with E-state index >= 15 is 0 Å². The van der Waals surface area contributed by atoms with Crippen LogP contribution in [0, 0.1) is 12.7 Å². The van der Waals surface area contributed by atoms with Gasteiger partial charge < -0.3 is 15.5 Å². The van der Waals surface area contributed by atoms with Crippen LogP contribution >= 0.6 is 0 Å². The Labute approximate surface area is 179 Å². The number of amides is 2. The van der Waals surface area contributed by atoms with Gasteiger partial charge in [0.2, 0.25) is 0 Å². The first-order valence-electron chi connectivity index (χ1n) is 10.3. The number of fused-ring (bicyclic) bond motifs is 1. The molecule has 31 heavy (non-hydrogen) atoms. The van der Waals surface area contributed by atoms with Gasteiger partial charge in [0.25, 0.3) is 0 Å². The minimum atomic E-state index is -0.580. The first-order chi connectivity index (χ1) is 14.8. The zero-order chi connectivity index (χ0) is 21.8. The van der Waals surface area contributed by atoms with Gasteiger partial charge >= 0.3 is 6.03 Å². The molecule has 8 nitrogen and oxygen atoms in total. The maximum absolute atomic E-state index is 14.1. The highest BCUT2D eigenvalue weighted by molar-refractivity contribution is 5.78. The summed E-state index contributed by atoms with van der Waals surface area (Å²) in [5.74, 6) is 0.774. The molecular weight excluding hydrogens is 397 g/mol. The van der Waals surface area contributed by atoms with Crippen LogP contribution in [0.3, 0.4) is 0 Å². The average molecular weight is 421 g/mol. The molecule has 3 heterocycles. The molecule has 2 aliphatic rings. The van der Waals surface area contributed by atoms with Crippen LogP contribution in [0.15, 0.2) is 36.5 Å². The Morgan fingerprint density at radius 3 is 2.81 bits per heavy atom. The van der Waals surface area contributed by atoms with E-state index in [1.165, 1.54) is 5.56 Å². The van der Waals surface area contributed by atoms with Crippen molar-refractivity contribution in [3.8, 4) is 0 Å². The molecule has 5 rings (SSSR count). The Morgan fingerprint density at radius 1 is 1.26 bits per heavy atom. The molecule has 2 unspecified atom stereocenters. The number of aromatic nitrogens is 4. The molecule has 0 spiro atoms. The fourth-order valence-electron chi connectivity index (χ4n) is 4.26. The van der Waals surface area contributed by atoms with Crippen molar-refractivity contribution < 1.29 is 9.18 Å². The Hall–Kier alpha value is -3.49. The summed E-state index contributed by atoms with van der Waals surface area (Å²) >= 11 is 0. The molecule has 1 saturated carbocycles. The van der Waals surface area contributed by atoms with E-state index in [9.17, 15) is 9.18 Å². The van der Waals surface area contributed by atoms with Gasteiger partial charge in [-0.25, -0.2) is 19.2 Å². The van der Waals surface area contributed by atoms with Gasteiger partial charge in [-0.1, -0.05) is 30.3 Å². The molecule has 0 saturated heterocycles. The van der Waals surface area contributed by atoms with E-state index < -0.39 is 11.4 Å². The van der Waals surface area contributed by atoms with Crippen molar-refractivity contribution in [2.75, 3.05) is 5.32 Å². The Morgan fingerprint density at radius 2 is 2.03 bits per heavy atom. The molecule has 3 aromatic rings. The van der Waals surface area contributed by atoms with Crippen molar-refractivity contribution in [1.29, 1.82) is 0 Å². The molecule has 2 amide bonds. The lowest BCUT2D eigenvalue weighted by molar-refractivity contribution is 0.142. The number of halogens is 1. The molecule has 2 aromatic heterocycles. The number of aromatic amines is 1. The Balaban J connectivity index is 1.31. The minimum Gasteiger partial charge on any atom is -0.335 e. The van der Waals surface area contributed by atoms with E-state index in [2.05, 4.69) is 42.9 Å². The third-order valence-electron chi connectivity index (χ3n) is 6.14. The molecule has 1 fully saturated rings. The minimum absolute atomic E-state index is 0.0613. The zero-order valence-corrected chi connectivity index (χ0v) is 17.6. The number of hydrogen-bond acceptors (Lipinski definition) is 5. The molecule has 1 aliphatic carbocycles. The molecule has 2 atom stereocenters. The zero-order valence-electron chi connectivity index (χ0n) is 17.6. The number of benzene rings is 1. The molecule has 9 heteroatoms. The monoisotopic (exact) mass is 421 g/mol. The highest BCUT2D eigenvalue weighted by Crippen LogP contribution is 2.43.